The Labute approximate surface area is 152 Å². The molecule has 1 aromatic rings. The van der Waals surface area contributed by atoms with Crippen LogP contribution in [0.25, 0.3) is 0 Å². The van der Waals surface area contributed by atoms with E-state index < -0.39 is 0 Å². The summed E-state index contributed by atoms with van der Waals surface area (Å²) in [6.45, 7) is 11.0. The first kappa shape index (κ1) is 19.7. The van der Waals surface area contributed by atoms with Crippen molar-refractivity contribution < 1.29 is 4.79 Å². The Morgan fingerprint density at radius 1 is 1.20 bits per heavy atom. The van der Waals surface area contributed by atoms with Crippen molar-refractivity contribution in [2.24, 2.45) is 5.92 Å². The Bertz CT molecular complexity index is 653. The van der Waals surface area contributed by atoms with Crippen molar-refractivity contribution in [3.8, 4) is 0 Å². The van der Waals surface area contributed by atoms with E-state index in [0.717, 1.165) is 24.2 Å². The molecule has 1 aromatic heterocycles. The molecule has 1 aliphatic rings. The highest BCUT2D eigenvalue weighted by molar-refractivity contribution is 5.94. The van der Waals surface area contributed by atoms with Crippen molar-refractivity contribution in [3.05, 3.63) is 33.2 Å². The lowest BCUT2D eigenvalue weighted by molar-refractivity contribution is 0.0940. The van der Waals surface area contributed by atoms with Gasteiger partial charge in [0.15, 0.2) is 0 Å². The van der Waals surface area contributed by atoms with E-state index in [1.54, 1.807) is 0 Å². The third-order valence-corrected chi connectivity index (χ3v) is 5.17. The van der Waals surface area contributed by atoms with Crippen LogP contribution in [-0.4, -0.2) is 16.5 Å². The summed E-state index contributed by atoms with van der Waals surface area (Å²) in [4.78, 5) is 25.7. The molecule has 1 N–H and O–H groups in total. The van der Waals surface area contributed by atoms with Crippen LogP contribution >= 0.6 is 0 Å². The van der Waals surface area contributed by atoms with E-state index in [2.05, 4.69) is 26.1 Å². The van der Waals surface area contributed by atoms with E-state index in [1.165, 1.54) is 32.1 Å². The maximum absolute atomic E-state index is 13.2. The van der Waals surface area contributed by atoms with Gasteiger partial charge >= 0.3 is 0 Å². The van der Waals surface area contributed by atoms with Crippen molar-refractivity contribution in [2.45, 2.75) is 91.6 Å². The number of amides is 1. The van der Waals surface area contributed by atoms with Crippen LogP contribution in [0, 0.1) is 5.92 Å². The van der Waals surface area contributed by atoms with E-state index in [1.807, 2.05) is 24.5 Å². The van der Waals surface area contributed by atoms with E-state index in [4.69, 9.17) is 0 Å². The molecular weight excluding hydrogens is 312 g/mol. The second kappa shape index (κ2) is 8.68. The van der Waals surface area contributed by atoms with E-state index in [9.17, 15) is 9.59 Å². The molecule has 4 nitrogen and oxygen atoms in total. The molecule has 0 saturated heterocycles. The lowest BCUT2D eigenvalue weighted by Crippen LogP contribution is -2.39. The Balaban J connectivity index is 2.51. The van der Waals surface area contributed by atoms with Gasteiger partial charge in [-0.2, -0.15) is 0 Å². The van der Waals surface area contributed by atoms with Crippen molar-refractivity contribution >= 4 is 5.91 Å². The van der Waals surface area contributed by atoms with Crippen molar-refractivity contribution in [1.82, 2.24) is 9.88 Å². The molecule has 25 heavy (non-hydrogen) atoms. The smallest absolute Gasteiger partial charge is 0.263 e. The molecular formula is C21H34N2O2. The average molecular weight is 347 g/mol. The molecule has 1 amide bonds. The summed E-state index contributed by atoms with van der Waals surface area (Å²) in [5, 5.41) is 2.88. The fourth-order valence-electron chi connectivity index (χ4n) is 4.02. The second-order valence-corrected chi connectivity index (χ2v) is 8.02. The van der Waals surface area contributed by atoms with Crippen LogP contribution in [0.15, 0.2) is 10.9 Å². The molecule has 1 saturated carbocycles. The van der Waals surface area contributed by atoms with Crippen molar-refractivity contribution in [3.63, 3.8) is 0 Å². The Morgan fingerprint density at radius 2 is 1.84 bits per heavy atom. The minimum atomic E-state index is -0.248. The highest BCUT2D eigenvalue weighted by Gasteiger charge is 2.23. The summed E-state index contributed by atoms with van der Waals surface area (Å²) in [5.74, 6) is 0.577. The monoisotopic (exact) mass is 346 g/mol. The van der Waals surface area contributed by atoms with Gasteiger partial charge in [-0.15, -0.1) is 0 Å². The molecule has 2 rings (SSSR count). The zero-order valence-electron chi connectivity index (χ0n) is 16.5. The lowest BCUT2D eigenvalue weighted by Gasteiger charge is -2.27. The highest BCUT2D eigenvalue weighted by atomic mass is 16.2. The molecule has 1 fully saturated rings. The van der Waals surface area contributed by atoms with Crippen LogP contribution in [-0.2, 0) is 13.0 Å². The topological polar surface area (TPSA) is 51.1 Å². The Morgan fingerprint density at radius 3 is 2.36 bits per heavy atom. The number of rotatable bonds is 6. The molecule has 4 heteroatoms. The lowest BCUT2D eigenvalue weighted by atomic mass is 9.88. The number of aromatic nitrogens is 1. The van der Waals surface area contributed by atoms with Gasteiger partial charge in [0, 0.05) is 18.3 Å². The number of hydrogen-bond donors (Lipinski definition) is 1. The SMILES string of the molecule is CCc1cc(C(=O)NC(C)C)c(=O)n(CC2CCCCC2)c1C(C)C. The van der Waals surface area contributed by atoms with Gasteiger partial charge in [-0.3, -0.25) is 9.59 Å². The molecule has 140 valence electrons. The van der Waals surface area contributed by atoms with Gasteiger partial charge in [0.2, 0.25) is 0 Å². The van der Waals surface area contributed by atoms with Crippen LogP contribution < -0.4 is 10.9 Å². The average Bonchev–Trinajstić information content (AvgIpc) is 2.56. The van der Waals surface area contributed by atoms with Crippen molar-refractivity contribution in [1.29, 1.82) is 0 Å². The molecule has 1 aliphatic carbocycles. The third kappa shape index (κ3) is 4.74. The van der Waals surface area contributed by atoms with Crippen LogP contribution in [0.3, 0.4) is 0 Å². The molecule has 0 atom stereocenters. The first-order valence-electron chi connectivity index (χ1n) is 9.92. The van der Waals surface area contributed by atoms with Gasteiger partial charge in [-0.25, -0.2) is 0 Å². The molecule has 0 aliphatic heterocycles. The fraction of sp³-hybridized carbons (Fsp3) is 0.714. The summed E-state index contributed by atoms with van der Waals surface area (Å²) in [5.41, 5.74) is 2.41. The summed E-state index contributed by atoms with van der Waals surface area (Å²) >= 11 is 0. The van der Waals surface area contributed by atoms with E-state index in [-0.39, 0.29) is 23.4 Å². The van der Waals surface area contributed by atoms with Crippen LogP contribution in [0.4, 0.5) is 0 Å². The summed E-state index contributed by atoms with van der Waals surface area (Å²) < 4.78 is 1.93. The number of hydrogen-bond acceptors (Lipinski definition) is 2. The second-order valence-electron chi connectivity index (χ2n) is 8.02. The predicted molar refractivity (Wildman–Crippen MR) is 103 cm³/mol. The quantitative estimate of drug-likeness (QED) is 0.837. The minimum Gasteiger partial charge on any atom is -0.350 e. The largest absolute Gasteiger partial charge is 0.350 e. The zero-order valence-corrected chi connectivity index (χ0v) is 16.5. The number of carbonyl (C=O) groups excluding carboxylic acids is 1. The number of carbonyl (C=O) groups is 1. The minimum absolute atomic E-state index is 0.0218. The van der Waals surface area contributed by atoms with Gasteiger partial charge < -0.3 is 9.88 Å². The number of pyridine rings is 1. The summed E-state index contributed by atoms with van der Waals surface area (Å²) in [7, 11) is 0. The van der Waals surface area contributed by atoms with Crippen LogP contribution in [0.1, 0.15) is 94.3 Å². The molecule has 0 spiro atoms. The van der Waals surface area contributed by atoms with E-state index >= 15 is 0 Å². The van der Waals surface area contributed by atoms with E-state index in [0.29, 0.717) is 11.5 Å². The van der Waals surface area contributed by atoms with Crippen LogP contribution in [0.5, 0.6) is 0 Å². The number of aryl methyl sites for hydroxylation is 1. The maximum Gasteiger partial charge on any atom is 0.263 e. The maximum atomic E-state index is 13.2. The van der Waals surface area contributed by atoms with Gasteiger partial charge in [-0.1, -0.05) is 40.0 Å². The van der Waals surface area contributed by atoms with Gasteiger partial charge in [-0.05, 0) is 56.6 Å². The Hall–Kier alpha value is -1.58. The first-order valence-corrected chi connectivity index (χ1v) is 9.92. The summed E-state index contributed by atoms with van der Waals surface area (Å²) in [6.07, 6.45) is 7.02. The highest BCUT2D eigenvalue weighted by Crippen LogP contribution is 2.27. The Kier molecular flexibility index (Phi) is 6.86. The van der Waals surface area contributed by atoms with Gasteiger partial charge in [0.05, 0.1) is 0 Å². The van der Waals surface area contributed by atoms with Gasteiger partial charge in [0.1, 0.15) is 5.56 Å². The van der Waals surface area contributed by atoms with Crippen LogP contribution in [0.2, 0.25) is 0 Å². The molecule has 0 bridgehead atoms. The standard InChI is InChI=1S/C21H34N2O2/c1-6-17-12-18(20(24)22-15(4)5)21(25)23(19(17)14(2)3)13-16-10-8-7-9-11-16/h12,14-16H,6-11,13H2,1-5H3,(H,22,24). The number of nitrogens with one attached hydrogen (secondary N) is 1. The fourth-order valence-corrected chi connectivity index (χ4v) is 4.02. The third-order valence-electron chi connectivity index (χ3n) is 5.17. The zero-order chi connectivity index (χ0) is 18.6. The molecule has 0 radical (unpaired) electrons. The normalized spacial score (nSPS) is 15.8. The summed E-state index contributed by atoms with van der Waals surface area (Å²) in [6, 6.07) is 1.85. The molecule has 0 unspecified atom stereocenters. The first-order chi connectivity index (χ1) is 11.8. The molecule has 1 heterocycles. The van der Waals surface area contributed by atoms with Crippen molar-refractivity contribution in [2.75, 3.05) is 0 Å². The molecule has 0 aromatic carbocycles. The predicted octanol–water partition coefficient (Wildman–Crippen LogP) is 4.25. The van der Waals surface area contributed by atoms with Gasteiger partial charge in [0.25, 0.3) is 11.5 Å². The number of nitrogens with zero attached hydrogens (tertiary/aromatic N) is 1.